The van der Waals surface area contributed by atoms with E-state index in [9.17, 15) is 14.9 Å². The van der Waals surface area contributed by atoms with Gasteiger partial charge in [-0.15, -0.1) is 12.4 Å². The molecule has 0 saturated carbocycles. The summed E-state index contributed by atoms with van der Waals surface area (Å²) in [7, 11) is 0. The van der Waals surface area contributed by atoms with Gasteiger partial charge >= 0.3 is 0 Å². The number of nitrogens with zero attached hydrogens (tertiary/aromatic N) is 2. The predicted molar refractivity (Wildman–Crippen MR) is 94.8 cm³/mol. The van der Waals surface area contributed by atoms with E-state index in [1.165, 1.54) is 12.1 Å². The number of hydrogen-bond acceptors (Lipinski definition) is 5. The van der Waals surface area contributed by atoms with Crippen molar-refractivity contribution < 1.29 is 9.72 Å². The third-order valence-electron chi connectivity index (χ3n) is 3.35. The molecule has 25 heavy (non-hydrogen) atoms. The van der Waals surface area contributed by atoms with Gasteiger partial charge in [0.2, 0.25) is 0 Å². The number of hydrogen-bond donors (Lipinski definition) is 4. The van der Waals surface area contributed by atoms with Crippen LogP contribution in [0, 0.1) is 15.5 Å². The van der Waals surface area contributed by atoms with Gasteiger partial charge < -0.3 is 10.7 Å². The van der Waals surface area contributed by atoms with E-state index in [1.807, 2.05) is 0 Å². The maximum atomic E-state index is 11.7. The van der Waals surface area contributed by atoms with Crippen LogP contribution in [0.4, 0.5) is 5.69 Å². The molecule has 5 N–H and O–H groups in total. The van der Waals surface area contributed by atoms with Crippen LogP contribution in [-0.2, 0) is 0 Å². The highest BCUT2D eigenvalue weighted by Gasteiger charge is 2.11. The smallest absolute Gasteiger partial charge is 0.271 e. The number of nitrogens with two attached hydrogens (primary N) is 1. The average molecular weight is 361 g/mol. The van der Waals surface area contributed by atoms with Crippen molar-refractivity contribution in [1.82, 2.24) is 15.3 Å². The Morgan fingerprint density at radius 3 is 2.52 bits per heavy atom. The van der Waals surface area contributed by atoms with Crippen molar-refractivity contribution in [3.05, 3.63) is 58.1 Å². The molecule has 0 unspecified atom stereocenters. The Bertz CT molecular complexity index is 967. The lowest BCUT2D eigenvalue weighted by Crippen LogP contribution is -2.35. The Hall–Kier alpha value is -3.46. The van der Waals surface area contributed by atoms with E-state index in [0.717, 1.165) is 0 Å². The van der Waals surface area contributed by atoms with Gasteiger partial charge in [-0.05, 0) is 18.2 Å². The summed E-state index contributed by atoms with van der Waals surface area (Å²) in [5.74, 6) is -0.374. The van der Waals surface area contributed by atoms with Crippen LogP contribution in [0.1, 0.15) is 10.4 Å². The van der Waals surface area contributed by atoms with Crippen LogP contribution in [0.15, 0.2) is 42.5 Å². The number of carbonyl (C=O) groups is 1. The summed E-state index contributed by atoms with van der Waals surface area (Å²) in [6.45, 7) is 0. The van der Waals surface area contributed by atoms with E-state index in [4.69, 9.17) is 11.1 Å². The van der Waals surface area contributed by atoms with E-state index in [1.54, 1.807) is 30.3 Å². The summed E-state index contributed by atoms with van der Waals surface area (Å²) in [5.41, 5.74) is 7.32. The molecule has 3 aromatic rings. The molecule has 0 bridgehead atoms. The summed E-state index contributed by atoms with van der Waals surface area (Å²) >= 11 is 0. The minimum absolute atomic E-state index is 0. The molecule has 0 saturated heterocycles. The van der Waals surface area contributed by atoms with E-state index in [-0.39, 0.29) is 18.1 Å². The summed E-state index contributed by atoms with van der Waals surface area (Å²) in [4.78, 5) is 29.5. The van der Waals surface area contributed by atoms with Gasteiger partial charge in [0.05, 0.1) is 16.0 Å². The minimum Gasteiger partial charge on any atom is -0.370 e. The molecular weight excluding hydrogens is 348 g/mol. The summed E-state index contributed by atoms with van der Waals surface area (Å²) < 4.78 is 0. The number of guanidine groups is 1. The number of amides is 1. The van der Waals surface area contributed by atoms with Crippen molar-refractivity contribution in [2.45, 2.75) is 0 Å². The Kier molecular flexibility index (Phi) is 4.99. The lowest BCUT2D eigenvalue weighted by atomic mass is 10.1. The fourth-order valence-corrected chi connectivity index (χ4v) is 2.22. The van der Waals surface area contributed by atoms with Gasteiger partial charge in [0, 0.05) is 23.3 Å². The first-order valence-corrected chi connectivity index (χ1v) is 6.84. The van der Waals surface area contributed by atoms with Crippen molar-refractivity contribution in [3.8, 4) is 11.4 Å². The second-order valence-corrected chi connectivity index (χ2v) is 4.99. The van der Waals surface area contributed by atoms with Crippen LogP contribution in [0.2, 0.25) is 0 Å². The number of nitro benzene ring substituents is 1. The molecular formula is C15H13ClN6O3. The number of nitrogens with one attached hydrogen (secondary N) is 3. The molecule has 128 valence electrons. The lowest BCUT2D eigenvalue weighted by Gasteiger charge is -2.03. The van der Waals surface area contributed by atoms with Crippen LogP contribution in [-0.4, -0.2) is 26.8 Å². The molecule has 1 aromatic heterocycles. The SMILES string of the molecule is Cl.N=C(N)NC(=O)c1ccc(-c2nc3ccc([N+](=O)[O-])cc3[nH]2)cc1. The molecule has 1 amide bonds. The normalized spacial score (nSPS) is 10.1. The summed E-state index contributed by atoms with van der Waals surface area (Å²) in [6.07, 6.45) is 0. The van der Waals surface area contributed by atoms with Gasteiger partial charge in [0.1, 0.15) is 5.82 Å². The molecule has 0 aliphatic heterocycles. The molecule has 2 aromatic carbocycles. The van der Waals surface area contributed by atoms with Crippen molar-refractivity contribution in [1.29, 1.82) is 5.41 Å². The fourth-order valence-electron chi connectivity index (χ4n) is 2.22. The first-order valence-electron chi connectivity index (χ1n) is 6.84. The quantitative estimate of drug-likeness (QED) is 0.244. The van der Waals surface area contributed by atoms with Crippen LogP contribution >= 0.6 is 12.4 Å². The largest absolute Gasteiger partial charge is 0.370 e. The zero-order valence-electron chi connectivity index (χ0n) is 12.6. The second-order valence-electron chi connectivity index (χ2n) is 4.99. The Morgan fingerprint density at radius 2 is 1.92 bits per heavy atom. The first-order chi connectivity index (χ1) is 11.4. The number of carbonyl (C=O) groups excluding carboxylic acids is 1. The number of fused-ring (bicyclic) bond motifs is 1. The van der Waals surface area contributed by atoms with E-state index in [2.05, 4.69) is 15.3 Å². The van der Waals surface area contributed by atoms with Gasteiger partial charge in [-0.1, -0.05) is 12.1 Å². The molecule has 0 radical (unpaired) electrons. The number of non-ortho nitro benzene ring substituents is 1. The lowest BCUT2D eigenvalue weighted by molar-refractivity contribution is -0.384. The second kappa shape index (κ2) is 6.97. The van der Waals surface area contributed by atoms with Crippen LogP contribution < -0.4 is 11.1 Å². The number of H-pyrrole nitrogens is 1. The zero-order chi connectivity index (χ0) is 17.3. The van der Waals surface area contributed by atoms with Crippen LogP contribution in [0.5, 0.6) is 0 Å². The molecule has 0 fully saturated rings. The third kappa shape index (κ3) is 3.72. The molecule has 1 heterocycles. The maximum absolute atomic E-state index is 11.7. The van der Waals surface area contributed by atoms with E-state index >= 15 is 0 Å². The Labute approximate surface area is 147 Å². The highest BCUT2D eigenvalue weighted by molar-refractivity contribution is 6.04. The van der Waals surface area contributed by atoms with Crippen LogP contribution in [0.3, 0.4) is 0 Å². The first kappa shape index (κ1) is 17.9. The molecule has 9 nitrogen and oxygen atoms in total. The van der Waals surface area contributed by atoms with Gasteiger partial charge in [-0.25, -0.2) is 4.98 Å². The molecule has 0 atom stereocenters. The highest BCUT2D eigenvalue weighted by Crippen LogP contribution is 2.24. The number of imidazole rings is 1. The number of halogens is 1. The molecule has 0 aliphatic carbocycles. The summed E-state index contributed by atoms with van der Waals surface area (Å²) in [5, 5.41) is 20.0. The van der Waals surface area contributed by atoms with Crippen molar-refractivity contribution in [3.63, 3.8) is 0 Å². The van der Waals surface area contributed by atoms with E-state index < -0.39 is 16.8 Å². The molecule has 10 heteroatoms. The molecule has 3 rings (SSSR count). The molecule has 0 spiro atoms. The Balaban J connectivity index is 0.00000225. The zero-order valence-corrected chi connectivity index (χ0v) is 13.5. The fraction of sp³-hybridized carbons (Fsp3) is 0. The van der Waals surface area contributed by atoms with Gasteiger partial charge in [0.25, 0.3) is 11.6 Å². The predicted octanol–water partition coefficient (Wildman–Crippen LogP) is 2.18. The standard InChI is InChI=1S/C15H12N6O3.ClH/c16-15(17)20-14(22)9-3-1-8(2-4-9)13-18-11-6-5-10(21(23)24)7-12(11)19-13;/h1-7H,(H,18,19)(H4,16,17,20,22);1H. The van der Waals surface area contributed by atoms with Crippen LogP contribution in [0.25, 0.3) is 22.4 Å². The number of rotatable bonds is 3. The third-order valence-corrected chi connectivity index (χ3v) is 3.35. The number of nitro groups is 1. The van der Waals surface area contributed by atoms with Gasteiger partial charge in [-0.3, -0.25) is 25.6 Å². The summed E-state index contributed by atoms with van der Waals surface area (Å²) in [6, 6.07) is 10.9. The van der Waals surface area contributed by atoms with E-state index in [0.29, 0.717) is 28.0 Å². The van der Waals surface area contributed by atoms with Gasteiger partial charge in [0.15, 0.2) is 5.96 Å². The monoisotopic (exact) mass is 360 g/mol. The average Bonchev–Trinajstić information content (AvgIpc) is 2.97. The van der Waals surface area contributed by atoms with Crippen molar-refractivity contribution in [2.75, 3.05) is 0 Å². The van der Waals surface area contributed by atoms with Crippen molar-refractivity contribution >= 4 is 41.0 Å². The molecule has 0 aliphatic rings. The van der Waals surface area contributed by atoms with Crippen molar-refractivity contribution in [2.24, 2.45) is 5.73 Å². The number of aromatic amines is 1. The maximum Gasteiger partial charge on any atom is 0.271 e. The highest BCUT2D eigenvalue weighted by atomic mass is 35.5. The number of benzene rings is 2. The number of aromatic nitrogens is 2. The topological polar surface area (TPSA) is 151 Å². The Morgan fingerprint density at radius 1 is 1.24 bits per heavy atom. The minimum atomic E-state index is -0.478. The van der Waals surface area contributed by atoms with Gasteiger partial charge in [-0.2, -0.15) is 0 Å².